The second kappa shape index (κ2) is 8.86. The van der Waals surface area contributed by atoms with Crippen LogP contribution in [0.3, 0.4) is 0 Å². The number of nitrogens with zero attached hydrogens (tertiary/aromatic N) is 2. The Morgan fingerprint density at radius 3 is 2.90 bits per heavy atom. The van der Waals surface area contributed by atoms with Gasteiger partial charge in [-0.05, 0) is 23.5 Å². The highest BCUT2D eigenvalue weighted by atomic mass is 32.2. The van der Waals surface area contributed by atoms with E-state index in [-0.39, 0.29) is 11.7 Å². The van der Waals surface area contributed by atoms with E-state index in [2.05, 4.69) is 32.6 Å². The van der Waals surface area contributed by atoms with E-state index in [1.807, 2.05) is 28.8 Å². The number of ether oxygens (including phenoxy) is 1. The van der Waals surface area contributed by atoms with Crippen molar-refractivity contribution in [3.8, 4) is 0 Å². The summed E-state index contributed by atoms with van der Waals surface area (Å²) in [6, 6.07) is 10.3. The van der Waals surface area contributed by atoms with Gasteiger partial charge in [0, 0.05) is 23.6 Å². The zero-order chi connectivity index (χ0) is 20.4. The molecule has 3 heterocycles. The van der Waals surface area contributed by atoms with Crippen molar-refractivity contribution in [2.75, 3.05) is 5.75 Å². The number of fused-ring (bicyclic) bond motifs is 3. The van der Waals surface area contributed by atoms with Crippen molar-refractivity contribution in [1.29, 1.82) is 0 Å². The van der Waals surface area contributed by atoms with E-state index < -0.39 is 0 Å². The van der Waals surface area contributed by atoms with Crippen LogP contribution in [-0.2, 0) is 30.7 Å². The molecule has 0 spiro atoms. The summed E-state index contributed by atoms with van der Waals surface area (Å²) in [4.78, 5) is 20.5. The maximum atomic E-state index is 13.6. The molecular weight excluding hydrogens is 400 g/mol. The molecule has 0 saturated heterocycles. The maximum Gasteiger partial charge on any atom is 0.263 e. The van der Waals surface area contributed by atoms with E-state index in [9.17, 15) is 4.79 Å². The molecule has 4 rings (SSSR count). The molecule has 0 aliphatic carbocycles. The third-order valence-electron chi connectivity index (χ3n) is 5.33. The normalized spacial score (nSPS) is 16.3. The van der Waals surface area contributed by atoms with Crippen LogP contribution in [0.1, 0.15) is 29.9 Å². The molecule has 0 radical (unpaired) electrons. The average molecular weight is 427 g/mol. The number of aryl methyl sites for hydroxylation is 1. The molecule has 2 aromatic heterocycles. The highest BCUT2D eigenvalue weighted by Crippen LogP contribution is 2.35. The van der Waals surface area contributed by atoms with Crippen molar-refractivity contribution in [2.45, 2.75) is 51.1 Å². The lowest BCUT2D eigenvalue weighted by Gasteiger charge is -2.26. The summed E-state index contributed by atoms with van der Waals surface area (Å²) >= 11 is 3.18. The minimum atomic E-state index is 0.0828. The standard InChI is InChI=1S/C23H26N2O2S2/c1-4-12-28-23-24-21-20(17-13-18(15(2)3)27-14-19(17)29-21)22(26)25(23)11-10-16-8-6-5-7-9-16/h4-9,15,18H,1,10-14H2,2-3H3/t18-/m0/s1. The van der Waals surface area contributed by atoms with E-state index in [0.29, 0.717) is 19.1 Å². The van der Waals surface area contributed by atoms with Crippen molar-refractivity contribution < 1.29 is 4.74 Å². The second-order valence-corrected chi connectivity index (χ2v) is 9.74. The Morgan fingerprint density at radius 1 is 1.38 bits per heavy atom. The summed E-state index contributed by atoms with van der Waals surface area (Å²) in [5.41, 5.74) is 2.46. The topological polar surface area (TPSA) is 44.1 Å². The fourth-order valence-electron chi connectivity index (χ4n) is 3.70. The number of benzene rings is 1. The Kier molecular flexibility index (Phi) is 6.23. The van der Waals surface area contributed by atoms with Gasteiger partial charge in [-0.3, -0.25) is 9.36 Å². The van der Waals surface area contributed by atoms with Gasteiger partial charge in [-0.15, -0.1) is 17.9 Å². The Bertz CT molecular complexity index is 1070. The fourth-order valence-corrected chi connectivity index (χ4v) is 5.62. The summed E-state index contributed by atoms with van der Waals surface area (Å²) in [6.45, 7) is 9.36. The fraction of sp³-hybridized carbons (Fsp3) is 0.391. The molecule has 0 unspecified atom stereocenters. The summed E-state index contributed by atoms with van der Waals surface area (Å²) in [5, 5.41) is 1.58. The van der Waals surface area contributed by atoms with E-state index in [0.717, 1.165) is 44.4 Å². The van der Waals surface area contributed by atoms with Crippen molar-refractivity contribution >= 4 is 33.3 Å². The van der Waals surface area contributed by atoms with Crippen molar-refractivity contribution in [1.82, 2.24) is 9.55 Å². The van der Waals surface area contributed by atoms with Gasteiger partial charge in [0.25, 0.3) is 5.56 Å². The Balaban J connectivity index is 1.77. The molecule has 1 aliphatic rings. The van der Waals surface area contributed by atoms with Crippen LogP contribution >= 0.6 is 23.1 Å². The number of hydrogen-bond donors (Lipinski definition) is 0. The van der Waals surface area contributed by atoms with Gasteiger partial charge in [-0.25, -0.2) is 4.98 Å². The first-order chi connectivity index (χ1) is 14.1. The molecule has 4 nitrogen and oxygen atoms in total. The van der Waals surface area contributed by atoms with Crippen LogP contribution in [0.4, 0.5) is 0 Å². The van der Waals surface area contributed by atoms with Crippen molar-refractivity contribution in [3.05, 3.63) is 69.3 Å². The Morgan fingerprint density at radius 2 is 2.17 bits per heavy atom. The van der Waals surface area contributed by atoms with Gasteiger partial charge >= 0.3 is 0 Å². The van der Waals surface area contributed by atoms with E-state index >= 15 is 0 Å². The smallest absolute Gasteiger partial charge is 0.263 e. The van der Waals surface area contributed by atoms with Crippen molar-refractivity contribution in [3.63, 3.8) is 0 Å². The predicted molar refractivity (Wildman–Crippen MR) is 122 cm³/mol. The molecule has 1 aromatic carbocycles. The van der Waals surface area contributed by atoms with E-state index in [1.165, 1.54) is 5.56 Å². The molecular formula is C23H26N2O2S2. The number of aromatic nitrogens is 2. The molecule has 29 heavy (non-hydrogen) atoms. The lowest BCUT2D eigenvalue weighted by molar-refractivity contribution is 0.00200. The minimum absolute atomic E-state index is 0.0828. The summed E-state index contributed by atoms with van der Waals surface area (Å²) in [6.07, 6.45) is 3.61. The molecule has 1 aliphatic heterocycles. The lowest BCUT2D eigenvalue weighted by atomic mass is 9.96. The summed E-state index contributed by atoms with van der Waals surface area (Å²) in [7, 11) is 0. The number of rotatable bonds is 7. The molecule has 3 aromatic rings. The second-order valence-electron chi connectivity index (χ2n) is 7.67. The van der Waals surface area contributed by atoms with Crippen LogP contribution in [0.2, 0.25) is 0 Å². The largest absolute Gasteiger partial charge is 0.372 e. The molecule has 0 amide bonds. The third kappa shape index (κ3) is 4.20. The van der Waals surface area contributed by atoms with Gasteiger partial charge in [-0.1, -0.05) is 62.0 Å². The highest BCUT2D eigenvalue weighted by Gasteiger charge is 2.28. The number of thiophene rings is 1. The van der Waals surface area contributed by atoms with Crippen LogP contribution in [0.25, 0.3) is 10.2 Å². The molecule has 0 fully saturated rings. The zero-order valence-electron chi connectivity index (χ0n) is 16.9. The first-order valence-corrected chi connectivity index (χ1v) is 11.8. The lowest BCUT2D eigenvalue weighted by Crippen LogP contribution is -2.29. The van der Waals surface area contributed by atoms with Gasteiger partial charge in [0.1, 0.15) is 4.83 Å². The highest BCUT2D eigenvalue weighted by molar-refractivity contribution is 7.99. The van der Waals surface area contributed by atoms with Crippen LogP contribution in [0, 0.1) is 5.92 Å². The SMILES string of the molecule is C=CCSc1nc2sc3c(c2c(=O)n1CCc1ccccc1)C[C@@H](C(C)C)OC3. The molecule has 0 bridgehead atoms. The van der Waals surface area contributed by atoms with Crippen LogP contribution in [0.15, 0.2) is 52.9 Å². The third-order valence-corrected chi connectivity index (χ3v) is 7.41. The summed E-state index contributed by atoms with van der Waals surface area (Å²) < 4.78 is 7.88. The molecule has 0 N–H and O–H groups in total. The number of hydrogen-bond acceptors (Lipinski definition) is 5. The molecule has 1 atom stereocenters. The van der Waals surface area contributed by atoms with Crippen LogP contribution in [-0.4, -0.2) is 21.4 Å². The van der Waals surface area contributed by atoms with Gasteiger partial charge in [-0.2, -0.15) is 0 Å². The monoisotopic (exact) mass is 426 g/mol. The molecule has 152 valence electrons. The van der Waals surface area contributed by atoms with Gasteiger partial charge in [0.05, 0.1) is 18.1 Å². The average Bonchev–Trinajstić information content (AvgIpc) is 3.10. The molecule has 6 heteroatoms. The maximum absolute atomic E-state index is 13.6. The van der Waals surface area contributed by atoms with E-state index in [1.54, 1.807) is 23.1 Å². The zero-order valence-corrected chi connectivity index (χ0v) is 18.5. The Labute approximate surface area is 179 Å². The quantitative estimate of drug-likeness (QED) is 0.300. The van der Waals surface area contributed by atoms with Crippen LogP contribution < -0.4 is 5.56 Å². The van der Waals surface area contributed by atoms with E-state index in [4.69, 9.17) is 9.72 Å². The summed E-state index contributed by atoms with van der Waals surface area (Å²) in [5.74, 6) is 1.15. The van der Waals surface area contributed by atoms with Gasteiger partial charge in [0.2, 0.25) is 0 Å². The Hall–Kier alpha value is -1.89. The molecule has 0 saturated carbocycles. The van der Waals surface area contributed by atoms with Crippen molar-refractivity contribution in [2.24, 2.45) is 5.92 Å². The first-order valence-electron chi connectivity index (χ1n) is 10.0. The van der Waals surface area contributed by atoms with Gasteiger partial charge < -0.3 is 4.74 Å². The first kappa shape index (κ1) is 20.4. The number of thioether (sulfide) groups is 1. The predicted octanol–water partition coefficient (Wildman–Crippen LogP) is 5.08. The van der Waals surface area contributed by atoms with Crippen LogP contribution in [0.5, 0.6) is 0 Å². The van der Waals surface area contributed by atoms with Gasteiger partial charge in [0.15, 0.2) is 5.16 Å². The minimum Gasteiger partial charge on any atom is -0.372 e.